The van der Waals surface area contributed by atoms with Crippen LogP contribution in [0.3, 0.4) is 0 Å². The molecule has 1 N–H and O–H groups in total. The fraction of sp³-hybridized carbons (Fsp3) is 0.833. The minimum atomic E-state index is -0.247. The van der Waals surface area contributed by atoms with Gasteiger partial charge in [0, 0.05) is 12.6 Å². The Balaban J connectivity index is 2.11. The lowest BCUT2D eigenvalue weighted by Crippen LogP contribution is -2.50. The third kappa shape index (κ3) is 2.16. The van der Waals surface area contributed by atoms with E-state index in [1.165, 1.54) is 4.90 Å². The van der Waals surface area contributed by atoms with Crippen LogP contribution >= 0.6 is 0 Å². The van der Waals surface area contributed by atoms with Gasteiger partial charge in [0.15, 0.2) is 0 Å². The Labute approximate surface area is 101 Å². The molecule has 0 aromatic carbocycles. The van der Waals surface area contributed by atoms with Crippen LogP contribution in [0.15, 0.2) is 0 Å². The molecule has 5 heteroatoms. The lowest BCUT2D eigenvalue weighted by atomic mass is 9.85. The van der Waals surface area contributed by atoms with E-state index in [4.69, 9.17) is 4.74 Å². The zero-order valence-corrected chi connectivity index (χ0v) is 10.5. The molecule has 2 fully saturated rings. The van der Waals surface area contributed by atoms with Crippen molar-refractivity contribution in [2.75, 3.05) is 13.2 Å². The van der Waals surface area contributed by atoms with Crippen molar-refractivity contribution in [2.24, 2.45) is 0 Å². The first-order valence-corrected chi connectivity index (χ1v) is 6.35. The van der Waals surface area contributed by atoms with Gasteiger partial charge in [0.2, 0.25) is 5.91 Å². The number of nitrogens with one attached hydrogen (secondary N) is 1. The SMILES string of the molecule is CCC1(CC)CC(N2C(=O)CNC2=O)CCO1. The summed E-state index contributed by atoms with van der Waals surface area (Å²) in [7, 11) is 0. The van der Waals surface area contributed by atoms with Gasteiger partial charge in [-0.3, -0.25) is 9.69 Å². The topological polar surface area (TPSA) is 58.6 Å². The molecule has 0 radical (unpaired) electrons. The van der Waals surface area contributed by atoms with Gasteiger partial charge in [-0.25, -0.2) is 4.79 Å². The van der Waals surface area contributed by atoms with Crippen molar-refractivity contribution < 1.29 is 14.3 Å². The molecule has 0 aliphatic carbocycles. The van der Waals surface area contributed by atoms with Gasteiger partial charge in [0.1, 0.15) is 0 Å². The second kappa shape index (κ2) is 4.64. The maximum Gasteiger partial charge on any atom is 0.324 e. The number of urea groups is 1. The van der Waals surface area contributed by atoms with Crippen LogP contribution in [0.1, 0.15) is 39.5 Å². The van der Waals surface area contributed by atoms with Gasteiger partial charge in [-0.1, -0.05) is 13.8 Å². The first kappa shape index (κ1) is 12.4. The summed E-state index contributed by atoms with van der Waals surface area (Å²) in [6.07, 6.45) is 3.35. The van der Waals surface area contributed by atoms with Gasteiger partial charge in [0.05, 0.1) is 12.1 Å². The molecule has 17 heavy (non-hydrogen) atoms. The Morgan fingerprint density at radius 2 is 2.12 bits per heavy atom. The molecule has 2 rings (SSSR count). The number of amides is 3. The molecule has 0 saturated carbocycles. The summed E-state index contributed by atoms with van der Waals surface area (Å²) in [4.78, 5) is 24.7. The molecule has 5 nitrogen and oxygen atoms in total. The summed E-state index contributed by atoms with van der Waals surface area (Å²) in [5, 5.41) is 2.58. The molecule has 0 spiro atoms. The van der Waals surface area contributed by atoms with E-state index >= 15 is 0 Å². The van der Waals surface area contributed by atoms with Gasteiger partial charge < -0.3 is 10.1 Å². The highest BCUT2D eigenvalue weighted by molar-refractivity contribution is 6.02. The van der Waals surface area contributed by atoms with Crippen LogP contribution in [0.2, 0.25) is 0 Å². The van der Waals surface area contributed by atoms with Crippen LogP contribution in [-0.2, 0) is 9.53 Å². The smallest absolute Gasteiger partial charge is 0.324 e. The van der Waals surface area contributed by atoms with E-state index < -0.39 is 0 Å². The minimum Gasteiger partial charge on any atom is -0.375 e. The normalized spacial score (nSPS) is 28.4. The van der Waals surface area contributed by atoms with Crippen LogP contribution in [0, 0.1) is 0 Å². The Hall–Kier alpha value is -1.10. The van der Waals surface area contributed by atoms with Gasteiger partial charge in [-0.05, 0) is 25.7 Å². The van der Waals surface area contributed by atoms with E-state index in [1.54, 1.807) is 0 Å². The average Bonchev–Trinajstić information content (AvgIpc) is 2.69. The molecule has 1 unspecified atom stereocenters. The number of rotatable bonds is 3. The van der Waals surface area contributed by atoms with Gasteiger partial charge in [-0.15, -0.1) is 0 Å². The Bertz CT molecular complexity index is 310. The van der Waals surface area contributed by atoms with Gasteiger partial charge in [0.25, 0.3) is 0 Å². The minimum absolute atomic E-state index is 0.00125. The van der Waals surface area contributed by atoms with Crippen LogP contribution in [0.25, 0.3) is 0 Å². The summed E-state index contributed by atoms with van der Waals surface area (Å²) in [6.45, 7) is 4.96. The molecule has 3 amide bonds. The fourth-order valence-corrected chi connectivity index (χ4v) is 2.77. The third-order valence-electron chi connectivity index (χ3n) is 4.00. The monoisotopic (exact) mass is 240 g/mol. The highest BCUT2D eigenvalue weighted by Gasteiger charge is 2.42. The van der Waals surface area contributed by atoms with E-state index in [9.17, 15) is 9.59 Å². The quantitative estimate of drug-likeness (QED) is 0.756. The first-order valence-electron chi connectivity index (χ1n) is 6.35. The van der Waals surface area contributed by atoms with Crippen molar-refractivity contribution in [1.29, 1.82) is 0 Å². The Morgan fingerprint density at radius 1 is 1.41 bits per heavy atom. The van der Waals surface area contributed by atoms with Crippen molar-refractivity contribution in [3.8, 4) is 0 Å². The van der Waals surface area contributed by atoms with Crippen molar-refractivity contribution in [2.45, 2.75) is 51.2 Å². The van der Waals surface area contributed by atoms with Crippen LogP contribution in [0.5, 0.6) is 0 Å². The molecule has 0 aromatic rings. The van der Waals surface area contributed by atoms with Crippen LogP contribution in [-0.4, -0.2) is 41.6 Å². The number of ether oxygens (including phenoxy) is 1. The van der Waals surface area contributed by atoms with E-state index in [0.717, 1.165) is 25.7 Å². The summed E-state index contributed by atoms with van der Waals surface area (Å²) < 4.78 is 5.85. The fourth-order valence-electron chi connectivity index (χ4n) is 2.77. The van der Waals surface area contributed by atoms with Crippen molar-refractivity contribution >= 4 is 11.9 Å². The Kier molecular flexibility index (Phi) is 3.38. The lowest BCUT2D eigenvalue weighted by molar-refractivity contribution is -0.135. The molecule has 0 bridgehead atoms. The number of imide groups is 1. The predicted octanol–water partition coefficient (Wildman–Crippen LogP) is 1.28. The molecule has 2 saturated heterocycles. The highest BCUT2D eigenvalue weighted by atomic mass is 16.5. The summed E-state index contributed by atoms with van der Waals surface area (Å²) in [5.41, 5.74) is -0.161. The molecule has 2 aliphatic heterocycles. The highest BCUT2D eigenvalue weighted by Crippen LogP contribution is 2.34. The standard InChI is InChI=1S/C12H20N2O3/c1-3-12(4-2)7-9(5-6-17-12)14-10(15)8-13-11(14)16/h9H,3-8H2,1-2H3,(H,13,16). The number of hydrogen-bond donors (Lipinski definition) is 1. The van der Waals surface area contributed by atoms with Gasteiger partial charge >= 0.3 is 6.03 Å². The molecular formula is C12H20N2O3. The molecule has 1 atom stereocenters. The predicted molar refractivity (Wildman–Crippen MR) is 62.5 cm³/mol. The lowest BCUT2D eigenvalue weighted by Gasteiger charge is -2.42. The number of nitrogens with zero attached hydrogens (tertiary/aromatic N) is 1. The Morgan fingerprint density at radius 3 is 2.65 bits per heavy atom. The molecule has 96 valence electrons. The maximum atomic E-state index is 11.7. The summed E-state index contributed by atoms with van der Waals surface area (Å²) in [6, 6.07) is -0.248. The van der Waals surface area contributed by atoms with Crippen molar-refractivity contribution in [3.63, 3.8) is 0 Å². The first-order chi connectivity index (χ1) is 8.12. The maximum absolute atomic E-state index is 11.7. The van der Waals surface area contributed by atoms with E-state index in [2.05, 4.69) is 19.2 Å². The molecule has 0 aromatic heterocycles. The second-order valence-corrected chi connectivity index (χ2v) is 4.81. The zero-order chi connectivity index (χ0) is 12.5. The summed E-state index contributed by atoms with van der Waals surface area (Å²) >= 11 is 0. The van der Waals surface area contributed by atoms with E-state index in [0.29, 0.717) is 6.61 Å². The number of carbonyl (C=O) groups excluding carboxylic acids is 2. The number of hydrogen-bond acceptors (Lipinski definition) is 3. The van der Waals surface area contributed by atoms with Crippen LogP contribution in [0.4, 0.5) is 4.79 Å². The third-order valence-corrected chi connectivity index (χ3v) is 4.00. The summed E-state index contributed by atoms with van der Waals surface area (Å²) in [5.74, 6) is -0.108. The molecule has 2 heterocycles. The van der Waals surface area contributed by atoms with Crippen molar-refractivity contribution in [1.82, 2.24) is 10.2 Å². The van der Waals surface area contributed by atoms with Gasteiger partial charge in [-0.2, -0.15) is 0 Å². The molecular weight excluding hydrogens is 220 g/mol. The van der Waals surface area contributed by atoms with Crippen molar-refractivity contribution in [3.05, 3.63) is 0 Å². The van der Waals surface area contributed by atoms with E-state index in [-0.39, 0.29) is 30.1 Å². The second-order valence-electron chi connectivity index (χ2n) is 4.81. The van der Waals surface area contributed by atoms with Crippen LogP contribution < -0.4 is 5.32 Å². The number of carbonyl (C=O) groups is 2. The molecule has 2 aliphatic rings. The zero-order valence-electron chi connectivity index (χ0n) is 10.5. The van der Waals surface area contributed by atoms with E-state index in [1.807, 2.05) is 0 Å². The largest absolute Gasteiger partial charge is 0.375 e. The average molecular weight is 240 g/mol.